The fraction of sp³-hybridized carbons (Fsp3) is 0.217. The van der Waals surface area contributed by atoms with Crippen LogP contribution in [0.1, 0.15) is 37.8 Å². The average molecular weight is 364 g/mol. The highest BCUT2D eigenvalue weighted by molar-refractivity contribution is 5.89. The lowest BCUT2D eigenvalue weighted by atomic mass is 9.92. The molecule has 0 saturated carbocycles. The second kappa shape index (κ2) is 8.99. The number of benzene rings is 2. The highest BCUT2D eigenvalue weighted by Gasteiger charge is 2.17. The number of para-hydroxylation sites is 2. The molecule has 0 amide bonds. The SMILES string of the molecule is C=C(C)C(=O)Oc1ccccc1CC(C)c1ccccc1OC(=O)C(=C)C. The van der Waals surface area contributed by atoms with Crippen LogP contribution in [0.25, 0.3) is 0 Å². The summed E-state index contributed by atoms with van der Waals surface area (Å²) in [6.45, 7) is 12.5. The van der Waals surface area contributed by atoms with Crippen LogP contribution in [0.2, 0.25) is 0 Å². The molecule has 0 aliphatic heterocycles. The van der Waals surface area contributed by atoms with E-state index in [2.05, 4.69) is 13.2 Å². The summed E-state index contributed by atoms with van der Waals surface area (Å²) in [7, 11) is 0. The number of esters is 2. The number of rotatable bonds is 7. The Morgan fingerprint density at radius 1 is 0.852 bits per heavy atom. The maximum atomic E-state index is 11.9. The van der Waals surface area contributed by atoms with Crippen LogP contribution in [-0.2, 0) is 16.0 Å². The molecule has 1 unspecified atom stereocenters. The first-order valence-electron chi connectivity index (χ1n) is 8.71. The molecule has 0 bridgehead atoms. The van der Waals surface area contributed by atoms with E-state index in [9.17, 15) is 9.59 Å². The van der Waals surface area contributed by atoms with Gasteiger partial charge in [0.2, 0.25) is 0 Å². The van der Waals surface area contributed by atoms with Crippen LogP contribution >= 0.6 is 0 Å². The Morgan fingerprint density at radius 3 is 1.93 bits per heavy atom. The molecule has 0 heterocycles. The highest BCUT2D eigenvalue weighted by atomic mass is 16.5. The van der Waals surface area contributed by atoms with E-state index in [0.717, 1.165) is 11.1 Å². The fourth-order valence-electron chi connectivity index (χ4n) is 2.57. The highest BCUT2D eigenvalue weighted by Crippen LogP contribution is 2.32. The van der Waals surface area contributed by atoms with Crippen LogP contribution in [0.3, 0.4) is 0 Å². The molecule has 0 N–H and O–H groups in total. The van der Waals surface area contributed by atoms with Gasteiger partial charge in [-0.3, -0.25) is 0 Å². The van der Waals surface area contributed by atoms with Crippen molar-refractivity contribution in [3.63, 3.8) is 0 Å². The Balaban J connectivity index is 2.25. The normalized spacial score (nSPS) is 11.4. The molecule has 0 spiro atoms. The summed E-state index contributed by atoms with van der Waals surface area (Å²) in [5.41, 5.74) is 2.47. The van der Waals surface area contributed by atoms with Crippen molar-refractivity contribution in [3.8, 4) is 11.5 Å². The third-order valence-electron chi connectivity index (χ3n) is 4.05. The van der Waals surface area contributed by atoms with E-state index < -0.39 is 11.9 Å². The Kier molecular flexibility index (Phi) is 6.72. The van der Waals surface area contributed by atoms with Gasteiger partial charge < -0.3 is 9.47 Å². The van der Waals surface area contributed by atoms with Gasteiger partial charge in [-0.2, -0.15) is 0 Å². The molecule has 0 aliphatic carbocycles. The quantitative estimate of drug-likeness (QED) is 0.394. The van der Waals surface area contributed by atoms with Crippen LogP contribution in [0.5, 0.6) is 11.5 Å². The first-order valence-corrected chi connectivity index (χ1v) is 8.71. The summed E-state index contributed by atoms with van der Waals surface area (Å²) >= 11 is 0. The van der Waals surface area contributed by atoms with Gasteiger partial charge in [-0.25, -0.2) is 9.59 Å². The zero-order chi connectivity index (χ0) is 20.0. The number of ether oxygens (including phenoxy) is 2. The van der Waals surface area contributed by atoms with Gasteiger partial charge in [0.1, 0.15) is 11.5 Å². The van der Waals surface area contributed by atoms with E-state index in [1.54, 1.807) is 26.0 Å². The van der Waals surface area contributed by atoms with Crippen LogP contribution in [0, 0.1) is 0 Å². The van der Waals surface area contributed by atoms with Gasteiger partial charge in [0.05, 0.1) is 0 Å². The Hall–Kier alpha value is -3.14. The Labute approximate surface area is 160 Å². The Morgan fingerprint density at radius 2 is 1.33 bits per heavy atom. The molecule has 0 saturated heterocycles. The van der Waals surface area contributed by atoms with Gasteiger partial charge in [0, 0.05) is 11.1 Å². The van der Waals surface area contributed by atoms with E-state index in [-0.39, 0.29) is 5.92 Å². The fourth-order valence-corrected chi connectivity index (χ4v) is 2.57. The standard InChI is InChI=1S/C23H24O4/c1-15(2)22(24)26-20-12-8-6-10-18(20)14-17(5)19-11-7-9-13-21(19)27-23(25)16(3)4/h6-13,17H,1,3,14H2,2,4-5H3. The topological polar surface area (TPSA) is 52.6 Å². The molecule has 2 rings (SSSR count). The maximum Gasteiger partial charge on any atom is 0.338 e. The second-order valence-electron chi connectivity index (χ2n) is 6.59. The molecule has 2 aromatic rings. The molecule has 2 aromatic carbocycles. The largest absolute Gasteiger partial charge is 0.423 e. The van der Waals surface area contributed by atoms with Crippen molar-refractivity contribution in [1.29, 1.82) is 0 Å². The van der Waals surface area contributed by atoms with Crippen LogP contribution in [0.15, 0.2) is 72.8 Å². The molecule has 4 heteroatoms. The van der Waals surface area contributed by atoms with Gasteiger partial charge in [-0.1, -0.05) is 56.5 Å². The molecule has 0 fully saturated rings. The summed E-state index contributed by atoms with van der Waals surface area (Å²) < 4.78 is 10.9. The van der Waals surface area contributed by atoms with E-state index in [1.807, 2.05) is 43.3 Å². The third kappa shape index (κ3) is 5.42. The zero-order valence-corrected chi connectivity index (χ0v) is 16.0. The maximum absolute atomic E-state index is 11.9. The Bertz CT molecular complexity index is 879. The molecular weight excluding hydrogens is 340 g/mol. The molecule has 140 valence electrons. The predicted octanol–water partition coefficient (Wildman–Crippen LogP) is 5.00. The van der Waals surface area contributed by atoms with Gasteiger partial charge >= 0.3 is 11.9 Å². The summed E-state index contributed by atoms with van der Waals surface area (Å²) in [5.74, 6) is 0.142. The lowest BCUT2D eigenvalue weighted by molar-refractivity contribution is -0.131. The van der Waals surface area contributed by atoms with Crippen molar-refractivity contribution in [2.45, 2.75) is 33.1 Å². The van der Waals surface area contributed by atoms with E-state index >= 15 is 0 Å². The second-order valence-corrected chi connectivity index (χ2v) is 6.59. The van der Waals surface area contributed by atoms with Crippen molar-refractivity contribution in [2.75, 3.05) is 0 Å². The van der Waals surface area contributed by atoms with E-state index in [0.29, 0.717) is 29.1 Å². The molecule has 0 aliphatic rings. The summed E-state index contributed by atoms with van der Waals surface area (Å²) in [4.78, 5) is 23.8. The van der Waals surface area contributed by atoms with Crippen molar-refractivity contribution < 1.29 is 19.1 Å². The number of hydrogen-bond acceptors (Lipinski definition) is 4. The molecule has 1 atom stereocenters. The minimum atomic E-state index is -0.453. The van der Waals surface area contributed by atoms with Crippen molar-refractivity contribution >= 4 is 11.9 Å². The lowest BCUT2D eigenvalue weighted by Gasteiger charge is -2.18. The van der Waals surface area contributed by atoms with Gasteiger partial charge in [-0.05, 0) is 49.4 Å². The summed E-state index contributed by atoms with van der Waals surface area (Å²) in [6, 6.07) is 14.8. The molecule has 0 aromatic heterocycles. The van der Waals surface area contributed by atoms with Crippen LogP contribution in [0.4, 0.5) is 0 Å². The molecule has 0 radical (unpaired) electrons. The van der Waals surface area contributed by atoms with Gasteiger partial charge in [-0.15, -0.1) is 0 Å². The smallest absolute Gasteiger partial charge is 0.338 e. The predicted molar refractivity (Wildman–Crippen MR) is 106 cm³/mol. The zero-order valence-electron chi connectivity index (χ0n) is 16.0. The lowest BCUT2D eigenvalue weighted by Crippen LogP contribution is -2.12. The average Bonchev–Trinajstić information content (AvgIpc) is 2.63. The molecule has 27 heavy (non-hydrogen) atoms. The number of carbonyl (C=O) groups is 2. The van der Waals surface area contributed by atoms with Gasteiger partial charge in [0.15, 0.2) is 0 Å². The van der Waals surface area contributed by atoms with Crippen molar-refractivity contribution in [3.05, 3.63) is 84.0 Å². The number of carbonyl (C=O) groups excluding carboxylic acids is 2. The minimum absolute atomic E-state index is 0.0313. The first kappa shape index (κ1) is 20.2. The van der Waals surface area contributed by atoms with Crippen molar-refractivity contribution in [2.24, 2.45) is 0 Å². The van der Waals surface area contributed by atoms with Crippen LogP contribution in [-0.4, -0.2) is 11.9 Å². The molecular formula is C23H24O4. The van der Waals surface area contributed by atoms with Crippen molar-refractivity contribution in [1.82, 2.24) is 0 Å². The summed E-state index contributed by atoms with van der Waals surface area (Å²) in [5, 5.41) is 0. The summed E-state index contributed by atoms with van der Waals surface area (Å²) in [6.07, 6.45) is 0.612. The molecule has 4 nitrogen and oxygen atoms in total. The third-order valence-corrected chi connectivity index (χ3v) is 4.05. The monoisotopic (exact) mass is 364 g/mol. The van der Waals surface area contributed by atoms with Crippen LogP contribution < -0.4 is 9.47 Å². The van der Waals surface area contributed by atoms with E-state index in [1.165, 1.54) is 0 Å². The van der Waals surface area contributed by atoms with E-state index in [4.69, 9.17) is 9.47 Å². The van der Waals surface area contributed by atoms with Gasteiger partial charge in [0.25, 0.3) is 0 Å². The number of hydrogen-bond donors (Lipinski definition) is 0. The first-order chi connectivity index (χ1) is 12.8. The minimum Gasteiger partial charge on any atom is -0.423 e.